The molecule has 1 aromatic rings. The van der Waals surface area contributed by atoms with E-state index < -0.39 is 6.17 Å². The Hall–Kier alpha value is -2.65. The maximum atomic E-state index is 13.5. The number of likely N-dealkylation sites (N-methyl/N-ethyl adjacent to an activating group) is 1. The molecule has 1 aromatic carbocycles. The van der Waals surface area contributed by atoms with E-state index in [2.05, 4.69) is 12.2 Å². The monoisotopic (exact) mass is 583 g/mol. The van der Waals surface area contributed by atoms with Crippen LogP contribution in [0.2, 0.25) is 0 Å². The molecule has 4 rings (SSSR count). The molecule has 0 spiro atoms. The standard InChI is InChI=1S/C33H53N5O4/c1-24-13-9-10-17-27(24)31(41)32(35-2)38-23-25-14-12-18-28(30(25)36-33(38)34)42-22-11-4-3-8-19-29(40)37(20-21-39)26-15-6-5-7-16-26/h12,14,18,24,26-27,32,35,39H,3-11,13,15-17,19-23H2,1-2H3,(H2,34,36). The molecule has 4 N–H and O–H groups in total. The molecule has 2 saturated carbocycles. The molecule has 3 atom stereocenters. The number of aliphatic hydroxyl groups is 1. The number of ketones is 1. The number of ether oxygens (including phenoxy) is 1. The minimum atomic E-state index is -0.498. The van der Waals surface area contributed by atoms with Crippen LogP contribution in [0.3, 0.4) is 0 Å². The van der Waals surface area contributed by atoms with Crippen molar-refractivity contribution in [2.75, 3.05) is 26.8 Å². The average Bonchev–Trinajstić information content (AvgIpc) is 3.00. The third-order valence-corrected chi connectivity index (χ3v) is 9.49. The zero-order valence-electron chi connectivity index (χ0n) is 25.9. The third-order valence-electron chi connectivity index (χ3n) is 9.49. The Bertz CT molecular complexity index is 1060. The first kappa shape index (κ1) is 32.3. The van der Waals surface area contributed by atoms with Crippen molar-refractivity contribution in [3.8, 4) is 5.75 Å². The van der Waals surface area contributed by atoms with Crippen LogP contribution in [0.4, 0.5) is 5.69 Å². The Kier molecular flexibility index (Phi) is 12.5. The summed E-state index contributed by atoms with van der Waals surface area (Å²) in [6, 6.07) is 6.22. The van der Waals surface area contributed by atoms with Gasteiger partial charge in [-0.1, -0.05) is 70.4 Å². The highest BCUT2D eigenvalue weighted by molar-refractivity contribution is 5.93. The van der Waals surface area contributed by atoms with Gasteiger partial charge < -0.3 is 25.4 Å². The second kappa shape index (κ2) is 16.3. The predicted molar refractivity (Wildman–Crippen MR) is 166 cm³/mol. The fraction of sp³-hybridized carbons (Fsp3) is 0.727. The van der Waals surface area contributed by atoms with Crippen molar-refractivity contribution < 1.29 is 19.4 Å². The summed E-state index contributed by atoms with van der Waals surface area (Å²) in [5.74, 6) is 1.88. The molecule has 0 saturated heterocycles. The smallest absolute Gasteiger partial charge is 0.222 e. The molecule has 1 heterocycles. The molecule has 0 bridgehead atoms. The number of nitrogens with two attached hydrogens (primary N) is 1. The number of amides is 1. The van der Waals surface area contributed by atoms with Crippen LogP contribution in [0.5, 0.6) is 5.75 Å². The van der Waals surface area contributed by atoms with Crippen molar-refractivity contribution in [3.63, 3.8) is 0 Å². The van der Waals surface area contributed by atoms with Crippen molar-refractivity contribution in [3.05, 3.63) is 23.8 Å². The summed E-state index contributed by atoms with van der Waals surface area (Å²) in [7, 11) is 1.82. The highest BCUT2D eigenvalue weighted by Crippen LogP contribution is 2.37. The van der Waals surface area contributed by atoms with Gasteiger partial charge in [-0.2, -0.15) is 0 Å². The largest absolute Gasteiger partial charge is 0.491 e. The van der Waals surface area contributed by atoms with Crippen LogP contribution in [0.25, 0.3) is 0 Å². The summed E-state index contributed by atoms with van der Waals surface area (Å²) in [6.45, 7) is 3.74. The first-order valence-electron chi connectivity index (χ1n) is 16.4. The van der Waals surface area contributed by atoms with Crippen LogP contribution in [0, 0.1) is 11.8 Å². The number of unbranched alkanes of at least 4 members (excludes halogenated alkanes) is 3. The van der Waals surface area contributed by atoms with E-state index in [1.165, 1.54) is 25.7 Å². The van der Waals surface area contributed by atoms with Crippen LogP contribution in [0.15, 0.2) is 23.2 Å². The van der Waals surface area contributed by atoms with Crippen LogP contribution in [-0.2, 0) is 16.1 Å². The van der Waals surface area contributed by atoms with E-state index in [9.17, 15) is 14.7 Å². The topological polar surface area (TPSA) is 120 Å². The van der Waals surface area contributed by atoms with Crippen LogP contribution >= 0.6 is 0 Å². The number of aliphatic imine (C=N–C) groups is 1. The number of benzene rings is 1. The second-order valence-corrected chi connectivity index (χ2v) is 12.4. The highest BCUT2D eigenvalue weighted by Gasteiger charge is 2.37. The van der Waals surface area contributed by atoms with Gasteiger partial charge in [0.05, 0.1) is 19.8 Å². The van der Waals surface area contributed by atoms with E-state index in [4.69, 9.17) is 15.5 Å². The first-order chi connectivity index (χ1) is 20.4. The van der Waals surface area contributed by atoms with Gasteiger partial charge in [-0.3, -0.25) is 14.9 Å². The molecule has 0 radical (unpaired) electrons. The van der Waals surface area contributed by atoms with Gasteiger partial charge in [-0.05, 0) is 51.1 Å². The van der Waals surface area contributed by atoms with Crippen LogP contribution in [-0.4, -0.2) is 71.6 Å². The Morgan fingerprint density at radius 1 is 1.10 bits per heavy atom. The van der Waals surface area contributed by atoms with Crippen LogP contribution in [0.1, 0.15) is 102 Å². The Balaban J connectivity index is 1.23. The lowest BCUT2D eigenvalue weighted by molar-refractivity contribution is -0.135. The van der Waals surface area contributed by atoms with Crippen molar-refractivity contribution in [2.24, 2.45) is 22.6 Å². The molecule has 0 aromatic heterocycles. The molecular formula is C33H53N5O4. The first-order valence-corrected chi connectivity index (χ1v) is 16.4. The number of rotatable bonds is 15. The number of hydrogen-bond donors (Lipinski definition) is 3. The van der Waals surface area contributed by atoms with Crippen molar-refractivity contribution >= 4 is 23.3 Å². The average molecular weight is 584 g/mol. The quantitative estimate of drug-likeness (QED) is 0.252. The number of nitrogens with zero attached hydrogens (tertiary/aromatic N) is 3. The molecule has 234 valence electrons. The van der Waals surface area contributed by atoms with Crippen molar-refractivity contribution in [1.82, 2.24) is 15.1 Å². The minimum Gasteiger partial charge on any atom is -0.491 e. The Morgan fingerprint density at radius 3 is 2.57 bits per heavy atom. The molecule has 42 heavy (non-hydrogen) atoms. The molecule has 2 fully saturated rings. The lowest BCUT2D eigenvalue weighted by Gasteiger charge is -2.38. The van der Waals surface area contributed by atoms with E-state index in [0.29, 0.717) is 49.8 Å². The number of fused-ring (bicyclic) bond motifs is 1. The number of carbonyl (C=O) groups is 2. The maximum absolute atomic E-state index is 13.5. The summed E-state index contributed by atoms with van der Waals surface area (Å²) < 4.78 is 6.14. The zero-order chi connectivity index (χ0) is 29.9. The maximum Gasteiger partial charge on any atom is 0.222 e. The second-order valence-electron chi connectivity index (χ2n) is 12.4. The Morgan fingerprint density at radius 2 is 1.83 bits per heavy atom. The van der Waals surface area contributed by atoms with E-state index >= 15 is 0 Å². The van der Waals surface area contributed by atoms with Gasteiger partial charge in [0, 0.05) is 30.5 Å². The molecule has 9 heteroatoms. The van der Waals surface area contributed by atoms with Crippen LogP contribution < -0.4 is 15.8 Å². The van der Waals surface area contributed by atoms with Crippen molar-refractivity contribution in [2.45, 2.75) is 116 Å². The third kappa shape index (κ3) is 8.25. The fourth-order valence-electron chi connectivity index (χ4n) is 7.07. The number of Topliss-reactive ketones (excluding diaryl/α,β-unsaturated/α-hetero) is 1. The van der Waals surface area contributed by atoms with Gasteiger partial charge in [-0.25, -0.2) is 4.99 Å². The van der Waals surface area contributed by atoms with Gasteiger partial charge in [0.1, 0.15) is 17.6 Å². The highest BCUT2D eigenvalue weighted by atomic mass is 16.5. The molecule has 2 aliphatic carbocycles. The SMILES string of the molecule is CNC(C(=O)C1CCCCC1C)N1Cc2cccc(OCCCCCCC(=O)N(CCO)C3CCCCC3)c2N=C1N. The molecule has 3 unspecified atom stereocenters. The number of para-hydroxylation sites is 1. The number of aliphatic hydroxyl groups excluding tert-OH is 1. The molecular weight excluding hydrogens is 530 g/mol. The summed E-state index contributed by atoms with van der Waals surface area (Å²) in [4.78, 5) is 34.9. The van der Waals surface area contributed by atoms with E-state index in [-0.39, 0.29) is 24.2 Å². The minimum absolute atomic E-state index is 0.0322. The number of hydrogen-bond acceptors (Lipinski definition) is 8. The lowest BCUT2D eigenvalue weighted by Crippen LogP contribution is -2.57. The summed E-state index contributed by atoms with van der Waals surface area (Å²) >= 11 is 0. The molecule has 3 aliphatic rings. The molecule has 1 aliphatic heterocycles. The molecule has 9 nitrogen and oxygen atoms in total. The van der Waals surface area contributed by atoms with E-state index in [1.54, 1.807) is 0 Å². The van der Waals surface area contributed by atoms with Crippen molar-refractivity contribution in [1.29, 1.82) is 0 Å². The summed E-state index contributed by atoms with van der Waals surface area (Å²) in [5, 5.41) is 12.7. The summed E-state index contributed by atoms with van der Waals surface area (Å²) in [6.07, 6.45) is 13.8. The van der Waals surface area contributed by atoms with E-state index in [0.717, 1.165) is 69.0 Å². The number of carbonyl (C=O) groups excluding carboxylic acids is 2. The van der Waals surface area contributed by atoms with Gasteiger partial charge in [0.2, 0.25) is 5.91 Å². The van der Waals surface area contributed by atoms with Gasteiger partial charge in [0.15, 0.2) is 11.7 Å². The predicted octanol–water partition coefficient (Wildman–Crippen LogP) is 4.87. The van der Waals surface area contributed by atoms with Gasteiger partial charge >= 0.3 is 0 Å². The number of guanidine groups is 1. The van der Waals surface area contributed by atoms with Gasteiger partial charge in [-0.15, -0.1) is 0 Å². The normalized spacial score (nSPS) is 21.8. The summed E-state index contributed by atoms with van der Waals surface area (Å²) in [5.41, 5.74) is 8.19. The zero-order valence-corrected chi connectivity index (χ0v) is 25.9. The van der Waals surface area contributed by atoms with Gasteiger partial charge in [0.25, 0.3) is 0 Å². The van der Waals surface area contributed by atoms with E-state index in [1.807, 2.05) is 35.0 Å². The lowest BCUT2D eigenvalue weighted by atomic mass is 9.77. The Labute approximate surface area is 252 Å². The number of nitrogens with one attached hydrogen (secondary N) is 1. The molecule has 1 amide bonds. The fourth-order valence-corrected chi connectivity index (χ4v) is 7.07.